The first-order valence-corrected chi connectivity index (χ1v) is 6.04. The van der Waals surface area contributed by atoms with Gasteiger partial charge in [-0.05, 0) is 12.5 Å². The average Bonchev–Trinajstić information content (AvgIpc) is 2.39. The Bertz CT molecular complexity index is 764. The second-order valence-corrected chi connectivity index (χ2v) is 4.25. The zero-order valence-electron chi connectivity index (χ0n) is 10.9. The van der Waals surface area contributed by atoms with Gasteiger partial charge in [-0.2, -0.15) is 18.3 Å². The summed E-state index contributed by atoms with van der Waals surface area (Å²) in [4.78, 5) is 29.4. The number of hydrogen-bond donors (Lipinski definition) is 1. The van der Waals surface area contributed by atoms with Crippen LogP contribution in [0.1, 0.15) is 24.1 Å². The first-order valence-electron chi connectivity index (χ1n) is 6.04. The summed E-state index contributed by atoms with van der Waals surface area (Å²) in [5.41, 5.74) is -1.85. The van der Waals surface area contributed by atoms with Crippen molar-refractivity contribution in [1.29, 1.82) is 0 Å². The topological polar surface area (TPSA) is 80.6 Å². The van der Waals surface area contributed by atoms with Crippen LogP contribution >= 0.6 is 0 Å². The molecule has 2 heterocycles. The summed E-state index contributed by atoms with van der Waals surface area (Å²) in [6, 6.07) is 2.67. The largest absolute Gasteiger partial charge is 0.435 e. The summed E-state index contributed by atoms with van der Waals surface area (Å²) in [6.07, 6.45) is -4.16. The molecule has 112 valence electrons. The molecule has 2 aromatic rings. The first-order chi connectivity index (χ1) is 9.79. The minimum atomic E-state index is -4.65. The summed E-state index contributed by atoms with van der Waals surface area (Å²) in [7, 11) is 0. The lowest BCUT2D eigenvalue weighted by atomic mass is 10.3. The van der Waals surface area contributed by atoms with E-state index in [1.165, 1.54) is 6.07 Å². The van der Waals surface area contributed by atoms with E-state index in [1.54, 1.807) is 6.92 Å². The van der Waals surface area contributed by atoms with Crippen LogP contribution in [0.5, 0.6) is 0 Å². The molecule has 0 atom stereocenters. The number of alkyl halides is 3. The SMILES string of the molecule is CCc1cc(=O)[nH]c(Cn2nc(C(F)(F)F)ccc2=O)n1. The van der Waals surface area contributed by atoms with Crippen LogP contribution in [0, 0.1) is 0 Å². The maximum absolute atomic E-state index is 12.6. The van der Waals surface area contributed by atoms with Crippen LogP contribution in [-0.4, -0.2) is 19.7 Å². The maximum Gasteiger partial charge on any atom is 0.435 e. The number of halogens is 3. The van der Waals surface area contributed by atoms with Crippen molar-refractivity contribution in [2.45, 2.75) is 26.1 Å². The Morgan fingerprint density at radius 1 is 1.29 bits per heavy atom. The highest BCUT2D eigenvalue weighted by molar-refractivity contribution is 5.06. The highest BCUT2D eigenvalue weighted by Crippen LogP contribution is 2.26. The van der Waals surface area contributed by atoms with Gasteiger partial charge in [0.25, 0.3) is 11.1 Å². The number of hydrogen-bond acceptors (Lipinski definition) is 4. The fourth-order valence-corrected chi connectivity index (χ4v) is 1.67. The van der Waals surface area contributed by atoms with Crippen LogP contribution in [0.4, 0.5) is 13.2 Å². The smallest absolute Gasteiger partial charge is 0.309 e. The minimum absolute atomic E-state index is 0.0771. The zero-order valence-corrected chi connectivity index (χ0v) is 10.9. The lowest BCUT2D eigenvalue weighted by Crippen LogP contribution is -2.27. The van der Waals surface area contributed by atoms with Crippen LogP contribution < -0.4 is 11.1 Å². The molecule has 0 aliphatic carbocycles. The zero-order chi connectivity index (χ0) is 15.6. The van der Waals surface area contributed by atoms with Gasteiger partial charge in [-0.15, -0.1) is 0 Å². The molecule has 0 aliphatic rings. The summed E-state index contributed by atoms with van der Waals surface area (Å²) < 4.78 is 38.3. The predicted molar refractivity (Wildman–Crippen MR) is 66.8 cm³/mol. The van der Waals surface area contributed by atoms with E-state index in [0.717, 1.165) is 6.07 Å². The number of rotatable bonds is 3. The summed E-state index contributed by atoms with van der Waals surface area (Å²) in [5, 5.41) is 3.24. The van der Waals surface area contributed by atoms with E-state index in [1.807, 2.05) is 0 Å². The highest BCUT2D eigenvalue weighted by Gasteiger charge is 2.33. The van der Waals surface area contributed by atoms with E-state index in [0.29, 0.717) is 22.9 Å². The fourth-order valence-electron chi connectivity index (χ4n) is 1.67. The van der Waals surface area contributed by atoms with E-state index < -0.39 is 23.0 Å². The second-order valence-electron chi connectivity index (χ2n) is 4.25. The van der Waals surface area contributed by atoms with E-state index in [9.17, 15) is 22.8 Å². The van der Waals surface area contributed by atoms with Gasteiger partial charge in [-0.25, -0.2) is 9.67 Å². The fraction of sp³-hybridized carbons (Fsp3) is 0.333. The molecular weight excluding hydrogens is 289 g/mol. The van der Waals surface area contributed by atoms with Crippen LogP contribution in [-0.2, 0) is 19.1 Å². The average molecular weight is 300 g/mol. The van der Waals surface area contributed by atoms with E-state index in [-0.39, 0.29) is 12.4 Å². The Morgan fingerprint density at radius 2 is 2.00 bits per heavy atom. The third kappa shape index (κ3) is 3.56. The molecule has 0 amide bonds. The first kappa shape index (κ1) is 14.9. The molecule has 9 heteroatoms. The van der Waals surface area contributed by atoms with Crippen molar-refractivity contribution in [3.63, 3.8) is 0 Å². The molecule has 0 fully saturated rings. The molecule has 0 bridgehead atoms. The molecule has 0 saturated heterocycles. The number of nitrogens with zero attached hydrogens (tertiary/aromatic N) is 3. The van der Waals surface area contributed by atoms with Gasteiger partial charge >= 0.3 is 6.18 Å². The molecule has 6 nitrogen and oxygen atoms in total. The molecule has 21 heavy (non-hydrogen) atoms. The Morgan fingerprint density at radius 3 is 2.62 bits per heavy atom. The number of H-pyrrole nitrogens is 1. The minimum Gasteiger partial charge on any atom is -0.309 e. The molecule has 2 rings (SSSR count). The quantitative estimate of drug-likeness (QED) is 0.915. The highest BCUT2D eigenvalue weighted by atomic mass is 19.4. The van der Waals surface area contributed by atoms with Crippen molar-refractivity contribution < 1.29 is 13.2 Å². The molecular formula is C12H11F3N4O2. The van der Waals surface area contributed by atoms with Gasteiger partial charge in [0.05, 0.1) is 0 Å². The molecule has 0 saturated carbocycles. The summed E-state index contributed by atoms with van der Waals surface area (Å²) >= 11 is 0. The van der Waals surface area contributed by atoms with Crippen molar-refractivity contribution in [3.8, 4) is 0 Å². The Labute approximate surface area is 116 Å². The van der Waals surface area contributed by atoms with E-state index >= 15 is 0 Å². The van der Waals surface area contributed by atoms with E-state index in [4.69, 9.17) is 0 Å². The monoisotopic (exact) mass is 300 g/mol. The molecule has 0 unspecified atom stereocenters. The predicted octanol–water partition coefficient (Wildman–Crippen LogP) is 0.956. The van der Waals surface area contributed by atoms with Gasteiger partial charge in [0.2, 0.25) is 0 Å². The Kier molecular flexibility index (Phi) is 3.92. The standard InChI is InChI=1S/C12H11F3N4O2/c1-2-7-5-10(20)17-9(16-7)6-19-11(21)4-3-8(18-19)12(13,14)15/h3-5H,2,6H2,1H3,(H,16,17,20). The lowest BCUT2D eigenvalue weighted by molar-refractivity contribution is -0.142. The third-order valence-electron chi connectivity index (χ3n) is 2.66. The van der Waals surface area contributed by atoms with Gasteiger partial charge in [0.15, 0.2) is 5.69 Å². The molecule has 0 aliphatic heterocycles. The van der Waals surface area contributed by atoms with Crippen LogP contribution in [0.2, 0.25) is 0 Å². The van der Waals surface area contributed by atoms with E-state index in [2.05, 4.69) is 15.1 Å². The van der Waals surface area contributed by atoms with Gasteiger partial charge in [-0.3, -0.25) is 9.59 Å². The number of aromatic amines is 1. The second kappa shape index (κ2) is 5.51. The molecule has 2 aromatic heterocycles. The normalized spacial score (nSPS) is 11.6. The lowest BCUT2D eigenvalue weighted by Gasteiger charge is -2.09. The Hall–Kier alpha value is -2.45. The summed E-state index contributed by atoms with van der Waals surface area (Å²) in [5.74, 6) is 0.0771. The maximum atomic E-state index is 12.6. The molecule has 0 aromatic carbocycles. The Balaban J connectivity index is 2.42. The number of nitrogens with one attached hydrogen (secondary N) is 1. The molecule has 1 N–H and O–H groups in total. The van der Waals surface area contributed by atoms with Gasteiger partial charge in [0.1, 0.15) is 12.4 Å². The molecule has 0 radical (unpaired) electrons. The third-order valence-corrected chi connectivity index (χ3v) is 2.66. The van der Waals surface area contributed by atoms with Gasteiger partial charge in [0, 0.05) is 17.8 Å². The number of aromatic nitrogens is 4. The summed E-state index contributed by atoms with van der Waals surface area (Å²) in [6.45, 7) is 1.44. The van der Waals surface area contributed by atoms with Crippen LogP contribution in [0.25, 0.3) is 0 Å². The number of aryl methyl sites for hydroxylation is 1. The van der Waals surface area contributed by atoms with Crippen molar-refractivity contribution in [2.24, 2.45) is 0 Å². The van der Waals surface area contributed by atoms with Crippen molar-refractivity contribution in [1.82, 2.24) is 19.7 Å². The van der Waals surface area contributed by atoms with Gasteiger partial charge in [-0.1, -0.05) is 6.92 Å². The molecule has 0 spiro atoms. The van der Waals surface area contributed by atoms with Gasteiger partial charge < -0.3 is 4.98 Å². The van der Waals surface area contributed by atoms with Crippen molar-refractivity contribution in [2.75, 3.05) is 0 Å². The van der Waals surface area contributed by atoms with Crippen LogP contribution in [0.3, 0.4) is 0 Å². The van der Waals surface area contributed by atoms with Crippen molar-refractivity contribution >= 4 is 0 Å². The van der Waals surface area contributed by atoms with Crippen molar-refractivity contribution in [3.05, 3.63) is 56.1 Å². The van der Waals surface area contributed by atoms with Crippen LogP contribution in [0.15, 0.2) is 27.8 Å².